The summed E-state index contributed by atoms with van der Waals surface area (Å²) in [4.78, 5) is 0. The highest BCUT2D eigenvalue weighted by Crippen LogP contribution is 2.26. The Hall–Kier alpha value is -1.03. The molecule has 0 fully saturated rings. The van der Waals surface area contributed by atoms with Crippen molar-refractivity contribution in [1.29, 1.82) is 0 Å². The second kappa shape index (κ2) is 9.08. The molecule has 2 nitrogen and oxygen atoms in total. The molecule has 2 aromatic rings. The number of thioether (sulfide) groups is 1. The minimum Gasteiger partial charge on any atom is -0.384 e. The molecular formula is C18H25NOS. The minimum absolute atomic E-state index is 0.401. The predicted molar refractivity (Wildman–Crippen MR) is 94.2 cm³/mol. The Kier molecular flexibility index (Phi) is 7.07. The second-order valence-corrected chi connectivity index (χ2v) is 6.29. The van der Waals surface area contributed by atoms with Crippen LogP contribution in [0.25, 0.3) is 10.8 Å². The molecule has 0 aromatic heterocycles. The third kappa shape index (κ3) is 4.73. The van der Waals surface area contributed by atoms with Crippen molar-refractivity contribution in [2.24, 2.45) is 0 Å². The lowest BCUT2D eigenvalue weighted by Crippen LogP contribution is -2.24. The van der Waals surface area contributed by atoms with Gasteiger partial charge in [-0.1, -0.05) is 49.4 Å². The van der Waals surface area contributed by atoms with Gasteiger partial charge in [-0.2, -0.15) is 11.8 Å². The van der Waals surface area contributed by atoms with Gasteiger partial charge in [-0.25, -0.2) is 0 Å². The summed E-state index contributed by atoms with van der Waals surface area (Å²) in [7, 11) is 1.76. The molecule has 0 aliphatic heterocycles. The summed E-state index contributed by atoms with van der Waals surface area (Å²) in [6.45, 7) is 4.09. The molecule has 0 bridgehead atoms. The van der Waals surface area contributed by atoms with Crippen molar-refractivity contribution >= 4 is 22.5 Å². The molecule has 0 saturated heterocycles. The molecule has 0 spiro atoms. The van der Waals surface area contributed by atoms with Crippen molar-refractivity contribution in [3.05, 3.63) is 48.0 Å². The first kappa shape index (κ1) is 16.3. The fourth-order valence-electron chi connectivity index (χ4n) is 2.47. The van der Waals surface area contributed by atoms with E-state index in [0.717, 1.165) is 31.1 Å². The summed E-state index contributed by atoms with van der Waals surface area (Å²) in [5, 5.41) is 6.37. The van der Waals surface area contributed by atoms with Crippen molar-refractivity contribution < 1.29 is 4.74 Å². The van der Waals surface area contributed by atoms with E-state index in [0.29, 0.717) is 6.04 Å². The van der Waals surface area contributed by atoms with Gasteiger partial charge in [-0.15, -0.1) is 0 Å². The fraction of sp³-hybridized carbons (Fsp3) is 0.444. The highest BCUT2D eigenvalue weighted by atomic mass is 32.2. The molecule has 21 heavy (non-hydrogen) atoms. The molecule has 2 rings (SSSR count). The van der Waals surface area contributed by atoms with E-state index in [9.17, 15) is 0 Å². The zero-order valence-electron chi connectivity index (χ0n) is 13.0. The maximum absolute atomic E-state index is 5.14. The van der Waals surface area contributed by atoms with Crippen LogP contribution in [0.15, 0.2) is 42.5 Å². The largest absolute Gasteiger partial charge is 0.384 e. The number of rotatable bonds is 9. The van der Waals surface area contributed by atoms with Crippen LogP contribution in [0.2, 0.25) is 0 Å². The number of methoxy groups -OCH3 is 1. The standard InChI is InChI=1S/C18H25NOS/c1-3-11-19-18(14-21-13-12-20-2)17-10-6-8-15-7-4-5-9-16(15)17/h4-10,18-19H,3,11-14H2,1-2H3. The summed E-state index contributed by atoms with van der Waals surface area (Å²) >= 11 is 1.95. The van der Waals surface area contributed by atoms with E-state index < -0.39 is 0 Å². The molecule has 1 atom stereocenters. The van der Waals surface area contributed by atoms with Gasteiger partial charge in [0, 0.05) is 24.7 Å². The highest BCUT2D eigenvalue weighted by molar-refractivity contribution is 7.99. The zero-order chi connectivity index (χ0) is 14.9. The number of ether oxygens (including phenoxy) is 1. The third-order valence-corrected chi connectivity index (χ3v) is 4.58. The molecule has 0 radical (unpaired) electrons. The lowest BCUT2D eigenvalue weighted by atomic mass is 9.99. The van der Waals surface area contributed by atoms with Crippen LogP contribution in [0.4, 0.5) is 0 Å². The first-order valence-corrected chi connectivity index (χ1v) is 8.80. The molecule has 3 heteroatoms. The summed E-state index contributed by atoms with van der Waals surface area (Å²) in [5.74, 6) is 2.13. The second-order valence-electron chi connectivity index (χ2n) is 5.14. The number of fused-ring (bicyclic) bond motifs is 1. The third-order valence-electron chi connectivity index (χ3n) is 3.56. The monoisotopic (exact) mass is 303 g/mol. The molecule has 0 heterocycles. The van der Waals surface area contributed by atoms with E-state index in [1.807, 2.05) is 11.8 Å². The summed E-state index contributed by atoms with van der Waals surface area (Å²) < 4.78 is 5.14. The average Bonchev–Trinajstić information content (AvgIpc) is 2.54. The van der Waals surface area contributed by atoms with Crippen LogP contribution in [-0.2, 0) is 4.74 Å². The quantitative estimate of drug-likeness (QED) is 0.699. The number of nitrogens with one attached hydrogen (secondary N) is 1. The average molecular weight is 303 g/mol. The summed E-state index contributed by atoms with van der Waals surface area (Å²) in [5.41, 5.74) is 1.41. The number of hydrogen-bond acceptors (Lipinski definition) is 3. The first-order chi connectivity index (χ1) is 10.4. The fourth-order valence-corrected chi connectivity index (χ4v) is 3.46. The highest BCUT2D eigenvalue weighted by Gasteiger charge is 2.13. The molecule has 0 amide bonds. The normalized spacial score (nSPS) is 12.7. The van der Waals surface area contributed by atoms with Gasteiger partial charge >= 0.3 is 0 Å². The number of hydrogen-bond donors (Lipinski definition) is 1. The van der Waals surface area contributed by atoms with Crippen LogP contribution in [0.3, 0.4) is 0 Å². The molecule has 0 saturated carbocycles. The van der Waals surface area contributed by atoms with E-state index in [-0.39, 0.29) is 0 Å². The maximum atomic E-state index is 5.14. The Balaban J connectivity index is 2.17. The van der Waals surface area contributed by atoms with E-state index in [2.05, 4.69) is 54.7 Å². The first-order valence-electron chi connectivity index (χ1n) is 7.64. The Morgan fingerprint density at radius 3 is 2.76 bits per heavy atom. The van der Waals surface area contributed by atoms with E-state index in [4.69, 9.17) is 4.74 Å². The lowest BCUT2D eigenvalue weighted by molar-refractivity contribution is 0.218. The molecular weight excluding hydrogens is 278 g/mol. The van der Waals surface area contributed by atoms with E-state index >= 15 is 0 Å². The van der Waals surface area contributed by atoms with Crippen LogP contribution in [-0.4, -0.2) is 31.8 Å². The van der Waals surface area contributed by atoms with Crippen LogP contribution in [0.1, 0.15) is 24.9 Å². The van der Waals surface area contributed by atoms with Crippen LogP contribution in [0, 0.1) is 0 Å². The van der Waals surface area contributed by atoms with Crippen molar-refractivity contribution in [2.45, 2.75) is 19.4 Å². The van der Waals surface area contributed by atoms with Gasteiger partial charge in [-0.05, 0) is 29.3 Å². The van der Waals surface area contributed by atoms with Gasteiger partial charge in [0.2, 0.25) is 0 Å². The summed E-state index contributed by atoms with van der Waals surface area (Å²) in [6, 6.07) is 15.7. The van der Waals surface area contributed by atoms with Crippen molar-refractivity contribution in [1.82, 2.24) is 5.32 Å². The van der Waals surface area contributed by atoms with E-state index in [1.54, 1.807) is 7.11 Å². The molecule has 2 aromatic carbocycles. The minimum atomic E-state index is 0.401. The molecule has 1 N–H and O–H groups in total. The van der Waals surface area contributed by atoms with Crippen LogP contribution < -0.4 is 5.32 Å². The maximum Gasteiger partial charge on any atom is 0.0552 e. The lowest BCUT2D eigenvalue weighted by Gasteiger charge is -2.20. The van der Waals surface area contributed by atoms with Crippen molar-refractivity contribution in [3.63, 3.8) is 0 Å². The summed E-state index contributed by atoms with van der Waals surface area (Å²) in [6.07, 6.45) is 1.16. The van der Waals surface area contributed by atoms with Gasteiger partial charge in [0.05, 0.1) is 6.61 Å². The number of benzene rings is 2. The van der Waals surface area contributed by atoms with E-state index in [1.165, 1.54) is 16.3 Å². The van der Waals surface area contributed by atoms with Gasteiger partial charge in [0.1, 0.15) is 0 Å². The van der Waals surface area contributed by atoms with Gasteiger partial charge in [0.25, 0.3) is 0 Å². The molecule has 114 valence electrons. The van der Waals surface area contributed by atoms with Gasteiger partial charge < -0.3 is 10.1 Å². The molecule has 1 unspecified atom stereocenters. The molecule has 0 aliphatic rings. The predicted octanol–water partition coefficient (Wildman–Crippen LogP) is 4.26. The Labute approximate surface area is 132 Å². The van der Waals surface area contributed by atoms with Gasteiger partial charge in [0.15, 0.2) is 0 Å². The Morgan fingerprint density at radius 2 is 1.95 bits per heavy atom. The Bertz CT molecular complexity index is 538. The van der Waals surface area contributed by atoms with Gasteiger partial charge in [-0.3, -0.25) is 0 Å². The molecule has 0 aliphatic carbocycles. The Morgan fingerprint density at radius 1 is 1.14 bits per heavy atom. The SMILES string of the molecule is CCCNC(CSCCOC)c1cccc2ccccc12. The van der Waals surface area contributed by atoms with Crippen molar-refractivity contribution in [2.75, 3.05) is 31.8 Å². The zero-order valence-corrected chi connectivity index (χ0v) is 13.8. The van der Waals surface area contributed by atoms with Crippen molar-refractivity contribution in [3.8, 4) is 0 Å². The topological polar surface area (TPSA) is 21.3 Å². The van der Waals surface area contributed by atoms with Crippen LogP contribution in [0.5, 0.6) is 0 Å². The van der Waals surface area contributed by atoms with Crippen LogP contribution >= 0.6 is 11.8 Å². The smallest absolute Gasteiger partial charge is 0.0552 e.